The first-order valence-electron chi connectivity index (χ1n) is 10.9. The maximum atomic E-state index is 12.4. The van der Waals surface area contributed by atoms with Crippen molar-refractivity contribution >= 4 is 49.7 Å². The molecule has 1 heterocycles. The number of halogens is 1. The van der Waals surface area contributed by atoms with E-state index >= 15 is 0 Å². The number of hydrogen-bond donors (Lipinski definition) is 2. The van der Waals surface area contributed by atoms with Crippen molar-refractivity contribution < 1.29 is 9.90 Å². The third-order valence-corrected chi connectivity index (χ3v) is 6.82. The van der Waals surface area contributed by atoms with Crippen molar-refractivity contribution in [3.8, 4) is 11.8 Å². The molecule has 0 unspecified atom stereocenters. The second-order valence-corrected chi connectivity index (χ2v) is 8.82. The molecule has 0 aliphatic rings. The molecule has 0 fully saturated rings. The molecule has 5 rings (SSSR count). The number of hydrazone groups is 1. The fourth-order valence-electron chi connectivity index (χ4n) is 4.07. The average molecular weight is 523 g/mol. The van der Waals surface area contributed by atoms with E-state index < -0.39 is 5.91 Å². The van der Waals surface area contributed by atoms with Gasteiger partial charge in [0.2, 0.25) is 0 Å². The molecule has 1 amide bonds. The van der Waals surface area contributed by atoms with Crippen LogP contribution in [0.5, 0.6) is 5.75 Å². The van der Waals surface area contributed by atoms with Gasteiger partial charge in [-0.25, -0.2) is 5.43 Å². The van der Waals surface area contributed by atoms with Crippen LogP contribution in [0.1, 0.15) is 27.0 Å². The number of nitrogens with zero attached hydrogens (tertiary/aromatic N) is 3. The molecule has 0 aliphatic heterocycles. The Balaban J connectivity index is 1.37. The van der Waals surface area contributed by atoms with Gasteiger partial charge in [-0.05, 0) is 62.6 Å². The zero-order valence-electron chi connectivity index (χ0n) is 18.4. The zero-order valence-corrected chi connectivity index (χ0v) is 20.0. The van der Waals surface area contributed by atoms with Crippen LogP contribution in [0.3, 0.4) is 0 Å². The molecule has 0 bridgehead atoms. The fourth-order valence-corrected chi connectivity index (χ4v) is 4.69. The minimum Gasteiger partial charge on any atom is -0.507 e. The fraction of sp³-hybridized carbons (Fsp3) is 0.0357. The van der Waals surface area contributed by atoms with E-state index in [4.69, 9.17) is 5.26 Å². The van der Waals surface area contributed by atoms with Crippen LogP contribution in [0.2, 0.25) is 0 Å². The highest BCUT2D eigenvalue weighted by atomic mass is 79.9. The van der Waals surface area contributed by atoms with Crippen LogP contribution in [0.15, 0.2) is 94.6 Å². The topological polar surface area (TPSA) is 90.4 Å². The van der Waals surface area contributed by atoms with Crippen LogP contribution in [0, 0.1) is 11.3 Å². The van der Waals surface area contributed by atoms with Gasteiger partial charge in [0.05, 0.1) is 11.8 Å². The highest BCUT2D eigenvalue weighted by molar-refractivity contribution is 9.10. The van der Waals surface area contributed by atoms with Crippen LogP contribution in [-0.4, -0.2) is 21.8 Å². The average Bonchev–Trinajstić information content (AvgIpc) is 3.29. The Morgan fingerprint density at radius 2 is 1.91 bits per heavy atom. The Hall–Kier alpha value is -4.41. The van der Waals surface area contributed by atoms with Gasteiger partial charge in [0.15, 0.2) is 0 Å². The van der Waals surface area contributed by atoms with Crippen LogP contribution in [0.25, 0.3) is 21.7 Å². The maximum absolute atomic E-state index is 12.4. The van der Waals surface area contributed by atoms with E-state index in [0.717, 1.165) is 20.9 Å². The van der Waals surface area contributed by atoms with E-state index in [9.17, 15) is 9.90 Å². The lowest BCUT2D eigenvalue weighted by atomic mass is 10.1. The summed E-state index contributed by atoms with van der Waals surface area (Å²) in [6.07, 6.45) is 3.64. The molecule has 2 N–H and O–H groups in total. The van der Waals surface area contributed by atoms with Crippen LogP contribution >= 0.6 is 15.9 Å². The molecule has 7 heteroatoms. The second kappa shape index (κ2) is 9.45. The predicted octanol–water partition coefficient (Wildman–Crippen LogP) is 5.95. The Morgan fingerprint density at radius 1 is 1.06 bits per heavy atom. The molecule has 0 saturated heterocycles. The lowest BCUT2D eigenvalue weighted by Gasteiger charge is -2.11. The van der Waals surface area contributed by atoms with Crippen molar-refractivity contribution in [1.29, 1.82) is 5.26 Å². The largest absolute Gasteiger partial charge is 0.507 e. The number of rotatable bonds is 5. The standard InChI is InChI=1S/C28H19BrN4O2/c29-27-21(9-8-18-4-1-2-6-24(18)27)17-33-13-12-23-20(5-3-7-25(23)33)16-31-32-28(35)19-10-11-26(34)22(14-19)15-30/h1-14,16,34H,17H2,(H,32,35)/b31-16+. The van der Waals surface area contributed by atoms with Crippen molar-refractivity contribution in [2.45, 2.75) is 6.54 Å². The van der Waals surface area contributed by atoms with E-state index in [1.54, 1.807) is 6.21 Å². The summed E-state index contributed by atoms with van der Waals surface area (Å²) in [4.78, 5) is 12.4. The molecular weight excluding hydrogens is 504 g/mol. The highest BCUT2D eigenvalue weighted by Crippen LogP contribution is 2.29. The predicted molar refractivity (Wildman–Crippen MR) is 141 cm³/mol. The van der Waals surface area contributed by atoms with Gasteiger partial charge >= 0.3 is 0 Å². The number of benzene rings is 4. The number of phenols is 1. The van der Waals surface area contributed by atoms with E-state index in [1.165, 1.54) is 34.5 Å². The molecule has 5 aromatic rings. The Morgan fingerprint density at radius 3 is 2.77 bits per heavy atom. The molecule has 170 valence electrons. The Bertz CT molecular complexity index is 1660. The van der Waals surface area contributed by atoms with Crippen LogP contribution in [-0.2, 0) is 6.54 Å². The summed E-state index contributed by atoms with van der Waals surface area (Å²) in [5.74, 6) is -0.636. The minimum absolute atomic E-state index is 0.0331. The number of hydrogen-bond acceptors (Lipinski definition) is 4. The van der Waals surface area contributed by atoms with Gasteiger partial charge in [-0.3, -0.25) is 4.79 Å². The van der Waals surface area contributed by atoms with Gasteiger partial charge in [-0.2, -0.15) is 10.4 Å². The summed E-state index contributed by atoms with van der Waals surface area (Å²) < 4.78 is 3.27. The summed E-state index contributed by atoms with van der Waals surface area (Å²) in [6, 6.07) is 26.5. The molecule has 1 aromatic heterocycles. The first kappa shape index (κ1) is 22.4. The van der Waals surface area contributed by atoms with E-state index in [-0.39, 0.29) is 16.9 Å². The number of aromatic hydroxyl groups is 1. The highest BCUT2D eigenvalue weighted by Gasteiger charge is 2.10. The van der Waals surface area contributed by atoms with E-state index in [0.29, 0.717) is 6.54 Å². The summed E-state index contributed by atoms with van der Waals surface area (Å²) in [6.45, 7) is 0.703. The Labute approximate surface area is 209 Å². The number of phenolic OH excluding ortho intramolecular Hbond substituents is 1. The van der Waals surface area contributed by atoms with E-state index in [1.807, 2.05) is 42.6 Å². The number of carbonyl (C=O) groups is 1. The third kappa shape index (κ3) is 4.39. The van der Waals surface area contributed by atoms with Gasteiger partial charge in [-0.15, -0.1) is 0 Å². The van der Waals surface area contributed by atoms with Crippen LogP contribution in [0.4, 0.5) is 0 Å². The van der Waals surface area contributed by atoms with Gasteiger partial charge in [0.1, 0.15) is 11.8 Å². The lowest BCUT2D eigenvalue weighted by Crippen LogP contribution is -2.17. The van der Waals surface area contributed by atoms with E-state index in [2.05, 4.69) is 61.4 Å². The molecule has 4 aromatic carbocycles. The molecule has 0 spiro atoms. The second-order valence-electron chi connectivity index (χ2n) is 8.03. The van der Waals surface area contributed by atoms with Crippen molar-refractivity contribution in [1.82, 2.24) is 9.99 Å². The number of aromatic nitrogens is 1. The maximum Gasteiger partial charge on any atom is 0.271 e. The summed E-state index contributed by atoms with van der Waals surface area (Å²) in [5.41, 5.74) is 5.85. The van der Waals surface area contributed by atoms with Crippen molar-refractivity contribution in [3.05, 3.63) is 112 Å². The van der Waals surface area contributed by atoms with Crippen molar-refractivity contribution in [2.24, 2.45) is 5.10 Å². The molecular formula is C28H19BrN4O2. The number of amides is 1. The first-order chi connectivity index (χ1) is 17.0. The van der Waals surface area contributed by atoms with Crippen molar-refractivity contribution in [3.63, 3.8) is 0 Å². The molecule has 0 aliphatic carbocycles. The quantitative estimate of drug-likeness (QED) is 0.221. The monoisotopic (exact) mass is 522 g/mol. The zero-order chi connectivity index (χ0) is 24.4. The normalized spacial score (nSPS) is 11.2. The van der Waals surface area contributed by atoms with Crippen molar-refractivity contribution in [2.75, 3.05) is 0 Å². The molecule has 0 radical (unpaired) electrons. The number of fused-ring (bicyclic) bond motifs is 2. The van der Waals surface area contributed by atoms with Crippen LogP contribution < -0.4 is 5.43 Å². The molecule has 35 heavy (non-hydrogen) atoms. The smallest absolute Gasteiger partial charge is 0.271 e. The summed E-state index contributed by atoms with van der Waals surface area (Å²) in [7, 11) is 0. The lowest BCUT2D eigenvalue weighted by molar-refractivity contribution is 0.0955. The van der Waals surface area contributed by atoms with Gasteiger partial charge in [0, 0.05) is 39.2 Å². The summed E-state index contributed by atoms with van der Waals surface area (Å²) >= 11 is 3.78. The number of nitrogens with one attached hydrogen (secondary N) is 1. The minimum atomic E-state index is -0.469. The molecule has 0 atom stereocenters. The molecule has 0 saturated carbocycles. The van der Waals surface area contributed by atoms with Gasteiger partial charge < -0.3 is 9.67 Å². The number of carbonyl (C=O) groups excluding carboxylic acids is 1. The Kier molecular flexibility index (Phi) is 6.04. The third-order valence-electron chi connectivity index (χ3n) is 5.88. The van der Waals surface area contributed by atoms with Gasteiger partial charge in [-0.1, -0.05) is 48.5 Å². The SMILES string of the molecule is N#Cc1cc(C(=O)N/N=C/c2cccc3c2ccn3Cc2ccc3ccccc3c2Br)ccc1O. The van der Waals surface area contributed by atoms with Gasteiger partial charge in [0.25, 0.3) is 5.91 Å². The summed E-state index contributed by atoms with van der Waals surface area (Å²) in [5, 5.41) is 26.1. The first-order valence-corrected chi connectivity index (χ1v) is 11.6. The number of nitriles is 1. The molecule has 6 nitrogen and oxygen atoms in total.